The summed E-state index contributed by atoms with van der Waals surface area (Å²) in [5.74, 6) is 2.00. The van der Waals surface area contributed by atoms with Crippen molar-refractivity contribution in [1.29, 1.82) is 0 Å². The number of allylic oxidation sites excluding steroid dienone is 1. The lowest BCUT2D eigenvalue weighted by Crippen LogP contribution is -2.52. The van der Waals surface area contributed by atoms with E-state index in [1.54, 1.807) is 6.08 Å². The Labute approximate surface area is 132 Å². The quantitative estimate of drug-likeness (QED) is 0.748. The predicted molar refractivity (Wildman–Crippen MR) is 83.1 cm³/mol. The first-order valence-corrected chi connectivity index (χ1v) is 8.82. The van der Waals surface area contributed by atoms with Crippen molar-refractivity contribution < 1.29 is 14.7 Å². The molecule has 0 spiro atoms. The van der Waals surface area contributed by atoms with Crippen molar-refractivity contribution >= 4 is 11.6 Å². The molecule has 0 aromatic carbocycles. The molecule has 1 unspecified atom stereocenters. The Morgan fingerprint density at radius 3 is 2.55 bits per heavy atom. The number of aliphatic hydroxyl groups is 1. The molecule has 3 saturated carbocycles. The summed E-state index contributed by atoms with van der Waals surface area (Å²) in [6.45, 7) is 4.45. The number of hydrogen-bond acceptors (Lipinski definition) is 3. The van der Waals surface area contributed by atoms with E-state index in [0.717, 1.165) is 38.5 Å². The van der Waals surface area contributed by atoms with Crippen LogP contribution in [0.5, 0.6) is 0 Å². The number of carbonyl (C=O) groups is 2. The zero-order valence-electron chi connectivity index (χ0n) is 13.6. The fraction of sp³-hybridized carbons (Fsp3) is 0.789. The predicted octanol–water partition coefficient (Wildman–Crippen LogP) is 3.06. The van der Waals surface area contributed by atoms with Gasteiger partial charge in [-0.15, -0.1) is 0 Å². The van der Waals surface area contributed by atoms with Gasteiger partial charge < -0.3 is 5.11 Å². The molecule has 0 aliphatic heterocycles. The highest BCUT2D eigenvalue weighted by atomic mass is 16.3. The molecule has 4 aliphatic rings. The summed E-state index contributed by atoms with van der Waals surface area (Å²) in [6, 6.07) is 0. The lowest BCUT2D eigenvalue weighted by Gasteiger charge is -2.57. The van der Waals surface area contributed by atoms with Crippen molar-refractivity contribution in [2.75, 3.05) is 0 Å². The van der Waals surface area contributed by atoms with E-state index in [1.807, 2.05) is 0 Å². The molecule has 0 radical (unpaired) electrons. The van der Waals surface area contributed by atoms with Gasteiger partial charge in [0.05, 0.1) is 0 Å². The fourth-order valence-electron chi connectivity index (χ4n) is 6.39. The van der Waals surface area contributed by atoms with Crippen LogP contribution in [0.4, 0.5) is 0 Å². The number of ketones is 2. The molecule has 3 fully saturated rings. The summed E-state index contributed by atoms with van der Waals surface area (Å²) in [5.41, 5.74) is 1.13. The SMILES string of the molecule is C[C@]12CC(O)C(=O)C=C1CC[C@@H]1[C@H]2CC[C@]2(C)C(=O)CC[C@@H]12. The number of fused-ring (bicyclic) bond motifs is 5. The largest absolute Gasteiger partial charge is 0.385 e. The summed E-state index contributed by atoms with van der Waals surface area (Å²) in [6.07, 6.45) is 7.43. The van der Waals surface area contributed by atoms with Gasteiger partial charge in [-0.1, -0.05) is 19.4 Å². The minimum atomic E-state index is -0.828. The number of rotatable bonds is 0. The number of carbonyl (C=O) groups excluding carboxylic acids is 2. The van der Waals surface area contributed by atoms with E-state index in [4.69, 9.17) is 0 Å². The molecule has 0 amide bonds. The van der Waals surface area contributed by atoms with E-state index >= 15 is 0 Å². The first kappa shape index (κ1) is 14.6. The fourth-order valence-corrected chi connectivity index (χ4v) is 6.39. The Morgan fingerprint density at radius 1 is 1.05 bits per heavy atom. The van der Waals surface area contributed by atoms with Gasteiger partial charge in [0, 0.05) is 11.8 Å². The summed E-state index contributed by atoms with van der Waals surface area (Å²) >= 11 is 0. The maximum absolute atomic E-state index is 12.4. The standard InChI is InChI=1S/C19H26O3/c1-18-8-7-14-12(13(18)5-6-17(18)22)4-3-11-9-15(20)16(21)10-19(11,14)2/h9,12-14,16,21H,3-8,10H2,1-2H3/t12-,13-,14+,16?,18-,19-/m0/s1. The van der Waals surface area contributed by atoms with Crippen LogP contribution in [0.3, 0.4) is 0 Å². The molecule has 0 aromatic heterocycles. The third-order valence-electron chi connectivity index (χ3n) is 7.71. The number of Topliss-reactive ketones (excluding diaryl/α,β-unsaturated/α-hetero) is 1. The van der Waals surface area contributed by atoms with Crippen LogP contribution in [-0.4, -0.2) is 22.8 Å². The molecule has 4 rings (SSSR count). The van der Waals surface area contributed by atoms with Crippen LogP contribution in [0.1, 0.15) is 58.8 Å². The summed E-state index contributed by atoms with van der Waals surface area (Å²) in [5, 5.41) is 10.1. The minimum Gasteiger partial charge on any atom is -0.385 e. The smallest absolute Gasteiger partial charge is 0.184 e. The van der Waals surface area contributed by atoms with Crippen LogP contribution in [-0.2, 0) is 9.59 Å². The molecule has 0 aromatic rings. The van der Waals surface area contributed by atoms with Gasteiger partial charge in [-0.3, -0.25) is 9.59 Å². The van der Waals surface area contributed by atoms with E-state index in [1.165, 1.54) is 5.57 Å². The molecular formula is C19H26O3. The average molecular weight is 302 g/mol. The minimum absolute atomic E-state index is 0.0385. The van der Waals surface area contributed by atoms with Gasteiger partial charge in [-0.05, 0) is 67.8 Å². The third kappa shape index (κ3) is 1.72. The Balaban J connectivity index is 1.71. The molecule has 120 valence electrons. The monoisotopic (exact) mass is 302 g/mol. The van der Waals surface area contributed by atoms with Crippen molar-refractivity contribution in [3.63, 3.8) is 0 Å². The van der Waals surface area contributed by atoms with E-state index in [2.05, 4.69) is 13.8 Å². The Morgan fingerprint density at radius 2 is 1.77 bits per heavy atom. The van der Waals surface area contributed by atoms with E-state index in [9.17, 15) is 14.7 Å². The molecule has 3 heteroatoms. The first-order valence-electron chi connectivity index (χ1n) is 8.82. The zero-order chi connectivity index (χ0) is 15.7. The van der Waals surface area contributed by atoms with Crippen LogP contribution in [0.15, 0.2) is 11.6 Å². The van der Waals surface area contributed by atoms with Crippen molar-refractivity contribution in [3.05, 3.63) is 11.6 Å². The normalized spacial score (nSPS) is 51.0. The van der Waals surface area contributed by atoms with Crippen molar-refractivity contribution in [1.82, 2.24) is 0 Å². The van der Waals surface area contributed by atoms with Crippen LogP contribution < -0.4 is 0 Å². The summed E-state index contributed by atoms with van der Waals surface area (Å²) < 4.78 is 0. The van der Waals surface area contributed by atoms with Crippen LogP contribution in [0.2, 0.25) is 0 Å². The molecule has 22 heavy (non-hydrogen) atoms. The van der Waals surface area contributed by atoms with Gasteiger partial charge in [-0.2, -0.15) is 0 Å². The Kier molecular flexibility index (Phi) is 3.01. The van der Waals surface area contributed by atoms with Crippen LogP contribution in [0, 0.1) is 28.6 Å². The second-order valence-corrected chi connectivity index (χ2v) is 8.54. The van der Waals surface area contributed by atoms with Crippen LogP contribution in [0.25, 0.3) is 0 Å². The van der Waals surface area contributed by atoms with Gasteiger partial charge in [0.2, 0.25) is 0 Å². The highest BCUT2D eigenvalue weighted by molar-refractivity contribution is 5.95. The van der Waals surface area contributed by atoms with Gasteiger partial charge in [0.1, 0.15) is 11.9 Å². The molecule has 6 atom stereocenters. The van der Waals surface area contributed by atoms with Crippen molar-refractivity contribution in [3.8, 4) is 0 Å². The third-order valence-corrected chi connectivity index (χ3v) is 7.71. The van der Waals surface area contributed by atoms with Gasteiger partial charge >= 0.3 is 0 Å². The lowest BCUT2D eigenvalue weighted by molar-refractivity contribution is -0.134. The van der Waals surface area contributed by atoms with Gasteiger partial charge in [-0.25, -0.2) is 0 Å². The molecule has 1 N–H and O–H groups in total. The van der Waals surface area contributed by atoms with Gasteiger partial charge in [0.25, 0.3) is 0 Å². The van der Waals surface area contributed by atoms with Crippen LogP contribution >= 0.6 is 0 Å². The first-order chi connectivity index (χ1) is 10.4. The summed E-state index contributed by atoms with van der Waals surface area (Å²) in [7, 11) is 0. The average Bonchev–Trinajstić information content (AvgIpc) is 2.77. The maximum atomic E-state index is 12.4. The van der Waals surface area contributed by atoms with Gasteiger partial charge in [0.15, 0.2) is 5.78 Å². The Bertz CT molecular complexity index is 577. The second kappa shape index (κ2) is 4.53. The second-order valence-electron chi connectivity index (χ2n) is 8.54. The highest BCUT2D eigenvalue weighted by Crippen LogP contribution is 2.64. The van der Waals surface area contributed by atoms with Crippen molar-refractivity contribution in [2.45, 2.75) is 64.9 Å². The number of hydrogen-bond donors (Lipinski definition) is 1. The molecule has 3 nitrogen and oxygen atoms in total. The molecule has 4 aliphatic carbocycles. The lowest BCUT2D eigenvalue weighted by atomic mass is 9.47. The zero-order valence-corrected chi connectivity index (χ0v) is 13.6. The number of aliphatic hydroxyl groups excluding tert-OH is 1. The summed E-state index contributed by atoms with van der Waals surface area (Å²) in [4.78, 5) is 24.2. The van der Waals surface area contributed by atoms with E-state index in [-0.39, 0.29) is 16.6 Å². The van der Waals surface area contributed by atoms with E-state index in [0.29, 0.717) is 30.0 Å². The molecule has 0 saturated heterocycles. The van der Waals surface area contributed by atoms with Crippen molar-refractivity contribution in [2.24, 2.45) is 28.6 Å². The molecule has 0 heterocycles. The Hall–Kier alpha value is -0.960. The highest BCUT2D eigenvalue weighted by Gasteiger charge is 2.59. The van der Waals surface area contributed by atoms with E-state index < -0.39 is 6.10 Å². The maximum Gasteiger partial charge on any atom is 0.184 e. The molecular weight excluding hydrogens is 276 g/mol. The molecule has 0 bridgehead atoms. The topological polar surface area (TPSA) is 54.4 Å².